The van der Waals surface area contributed by atoms with Crippen molar-refractivity contribution in [3.63, 3.8) is 0 Å². The average Bonchev–Trinajstić information content (AvgIpc) is 2.63. The van der Waals surface area contributed by atoms with E-state index in [9.17, 15) is 9.59 Å². The number of ether oxygens (including phenoxy) is 2. The van der Waals surface area contributed by atoms with Gasteiger partial charge in [-0.1, -0.05) is 0 Å². The molecule has 138 valence electrons. The number of nitrogens with one attached hydrogen (secondary N) is 2. The molecule has 0 heterocycles. The van der Waals surface area contributed by atoms with E-state index in [0.717, 1.165) is 11.3 Å². The van der Waals surface area contributed by atoms with Gasteiger partial charge in [0, 0.05) is 23.0 Å². The van der Waals surface area contributed by atoms with Gasteiger partial charge in [-0.3, -0.25) is 9.59 Å². The van der Waals surface area contributed by atoms with E-state index < -0.39 is 6.04 Å². The third-order valence-corrected chi connectivity index (χ3v) is 4.05. The smallest absolute Gasteiger partial charge is 0.246 e. The van der Waals surface area contributed by atoms with Gasteiger partial charge in [-0.2, -0.15) is 0 Å². The van der Waals surface area contributed by atoms with Gasteiger partial charge in [-0.05, 0) is 56.7 Å². The maximum Gasteiger partial charge on any atom is 0.246 e. The first-order chi connectivity index (χ1) is 12.3. The molecule has 2 rings (SSSR count). The van der Waals surface area contributed by atoms with E-state index >= 15 is 0 Å². The molecular formula is C20H24N2O4. The third-order valence-electron chi connectivity index (χ3n) is 4.05. The summed E-state index contributed by atoms with van der Waals surface area (Å²) in [7, 11) is 3.15. The second-order valence-electron chi connectivity index (χ2n) is 6.01. The molecule has 26 heavy (non-hydrogen) atoms. The molecule has 0 spiro atoms. The highest BCUT2D eigenvalue weighted by atomic mass is 16.5. The van der Waals surface area contributed by atoms with Crippen LogP contribution in [0.15, 0.2) is 36.4 Å². The molecule has 0 fully saturated rings. The molecule has 2 aromatic rings. The van der Waals surface area contributed by atoms with Crippen molar-refractivity contribution >= 4 is 23.1 Å². The number of anilines is 2. The molecule has 0 aliphatic rings. The normalized spacial score (nSPS) is 11.4. The van der Waals surface area contributed by atoms with E-state index in [2.05, 4.69) is 10.6 Å². The fraction of sp³-hybridized carbons (Fsp3) is 0.300. The topological polar surface area (TPSA) is 76.7 Å². The summed E-state index contributed by atoms with van der Waals surface area (Å²) in [6.07, 6.45) is 0. The van der Waals surface area contributed by atoms with Gasteiger partial charge in [0.2, 0.25) is 5.91 Å². The number of rotatable bonds is 7. The minimum atomic E-state index is -0.473. The van der Waals surface area contributed by atoms with Crippen molar-refractivity contribution in [2.75, 3.05) is 24.9 Å². The lowest BCUT2D eigenvalue weighted by Crippen LogP contribution is -2.32. The number of carbonyl (C=O) groups is 2. The Morgan fingerprint density at radius 1 is 1.00 bits per heavy atom. The van der Waals surface area contributed by atoms with Crippen LogP contribution in [0.2, 0.25) is 0 Å². The SMILES string of the molecule is COc1cc(C)c(N[C@H](C)C(=O)Nc2ccc(C(C)=O)cc2)cc1OC. The van der Waals surface area contributed by atoms with Crippen LogP contribution in [0.25, 0.3) is 0 Å². The highest BCUT2D eigenvalue weighted by Crippen LogP contribution is 2.33. The summed E-state index contributed by atoms with van der Waals surface area (Å²) in [5.41, 5.74) is 2.97. The Hall–Kier alpha value is -3.02. The predicted molar refractivity (Wildman–Crippen MR) is 102 cm³/mol. The van der Waals surface area contributed by atoms with Gasteiger partial charge in [0.25, 0.3) is 0 Å². The molecule has 2 N–H and O–H groups in total. The van der Waals surface area contributed by atoms with Crippen LogP contribution in [0.1, 0.15) is 29.8 Å². The van der Waals surface area contributed by atoms with E-state index in [0.29, 0.717) is 22.7 Å². The first-order valence-corrected chi connectivity index (χ1v) is 8.26. The zero-order valence-corrected chi connectivity index (χ0v) is 15.7. The van der Waals surface area contributed by atoms with Gasteiger partial charge in [0.05, 0.1) is 14.2 Å². The van der Waals surface area contributed by atoms with Crippen LogP contribution >= 0.6 is 0 Å². The molecule has 0 aliphatic carbocycles. The van der Waals surface area contributed by atoms with Crippen molar-refractivity contribution in [2.45, 2.75) is 26.8 Å². The Kier molecular flexibility index (Phi) is 6.22. The molecule has 0 saturated carbocycles. The van der Waals surface area contributed by atoms with Crippen molar-refractivity contribution in [1.82, 2.24) is 0 Å². The predicted octanol–water partition coefficient (Wildman–Crippen LogP) is 3.65. The molecule has 1 amide bonds. The summed E-state index contributed by atoms with van der Waals surface area (Å²) in [6, 6.07) is 9.99. The zero-order chi connectivity index (χ0) is 19.3. The minimum absolute atomic E-state index is 0.0122. The Morgan fingerprint density at radius 3 is 2.12 bits per heavy atom. The van der Waals surface area contributed by atoms with Crippen LogP contribution in [0.3, 0.4) is 0 Å². The van der Waals surface area contributed by atoms with Crippen molar-refractivity contribution in [3.05, 3.63) is 47.5 Å². The minimum Gasteiger partial charge on any atom is -0.493 e. The first kappa shape index (κ1) is 19.3. The molecule has 2 aromatic carbocycles. The van der Waals surface area contributed by atoms with E-state index in [-0.39, 0.29) is 11.7 Å². The van der Waals surface area contributed by atoms with Crippen LogP contribution in [-0.4, -0.2) is 32.0 Å². The number of hydrogen-bond acceptors (Lipinski definition) is 5. The number of carbonyl (C=O) groups excluding carboxylic acids is 2. The maximum absolute atomic E-state index is 12.4. The third kappa shape index (κ3) is 4.53. The number of hydrogen-bond donors (Lipinski definition) is 2. The van der Waals surface area contributed by atoms with Crippen LogP contribution in [0.4, 0.5) is 11.4 Å². The molecule has 1 atom stereocenters. The molecule has 0 aliphatic heterocycles. The van der Waals surface area contributed by atoms with Gasteiger partial charge in [-0.25, -0.2) is 0 Å². The second kappa shape index (κ2) is 8.38. The fourth-order valence-electron chi connectivity index (χ4n) is 2.47. The van der Waals surface area contributed by atoms with Gasteiger partial charge >= 0.3 is 0 Å². The number of aryl methyl sites for hydroxylation is 1. The monoisotopic (exact) mass is 356 g/mol. The van der Waals surface area contributed by atoms with E-state index in [1.54, 1.807) is 51.5 Å². The van der Waals surface area contributed by atoms with Crippen molar-refractivity contribution in [3.8, 4) is 11.5 Å². The van der Waals surface area contributed by atoms with Gasteiger partial charge in [0.15, 0.2) is 17.3 Å². The molecule has 0 radical (unpaired) electrons. The average molecular weight is 356 g/mol. The Labute approximate surface area is 153 Å². The van der Waals surface area contributed by atoms with Gasteiger partial charge < -0.3 is 20.1 Å². The highest BCUT2D eigenvalue weighted by molar-refractivity contribution is 5.98. The van der Waals surface area contributed by atoms with E-state index in [1.807, 2.05) is 13.0 Å². The summed E-state index contributed by atoms with van der Waals surface area (Å²) in [5.74, 6) is 1.03. The number of Topliss-reactive ketones (excluding diaryl/α,β-unsaturated/α-hetero) is 1. The van der Waals surface area contributed by atoms with Gasteiger partial charge in [-0.15, -0.1) is 0 Å². The lowest BCUT2D eigenvalue weighted by atomic mass is 10.1. The summed E-state index contributed by atoms with van der Waals surface area (Å²) in [6.45, 7) is 5.20. The van der Waals surface area contributed by atoms with Gasteiger partial charge in [0.1, 0.15) is 6.04 Å². The summed E-state index contributed by atoms with van der Waals surface area (Å²) < 4.78 is 10.6. The number of ketones is 1. The number of methoxy groups -OCH3 is 2. The summed E-state index contributed by atoms with van der Waals surface area (Å²) in [4.78, 5) is 23.7. The zero-order valence-electron chi connectivity index (χ0n) is 15.7. The Bertz CT molecular complexity index is 800. The summed E-state index contributed by atoms with van der Waals surface area (Å²) >= 11 is 0. The molecule has 6 nitrogen and oxygen atoms in total. The van der Waals surface area contributed by atoms with Crippen LogP contribution in [-0.2, 0) is 4.79 Å². The quantitative estimate of drug-likeness (QED) is 0.741. The number of amides is 1. The molecule has 0 unspecified atom stereocenters. The molecular weight excluding hydrogens is 332 g/mol. The van der Waals surface area contributed by atoms with Crippen LogP contribution in [0.5, 0.6) is 11.5 Å². The first-order valence-electron chi connectivity index (χ1n) is 8.26. The molecule has 0 aromatic heterocycles. The fourth-order valence-corrected chi connectivity index (χ4v) is 2.47. The summed E-state index contributed by atoms with van der Waals surface area (Å²) in [5, 5.41) is 6.01. The Balaban J connectivity index is 2.08. The van der Waals surface area contributed by atoms with Crippen molar-refractivity contribution in [1.29, 1.82) is 0 Å². The lowest BCUT2D eigenvalue weighted by Gasteiger charge is -2.19. The van der Waals surface area contributed by atoms with Crippen molar-refractivity contribution in [2.24, 2.45) is 0 Å². The lowest BCUT2D eigenvalue weighted by molar-refractivity contribution is -0.116. The number of benzene rings is 2. The maximum atomic E-state index is 12.4. The standard InChI is InChI=1S/C20H24N2O4/c1-12-10-18(25-4)19(26-5)11-17(12)21-13(2)20(24)22-16-8-6-15(7-9-16)14(3)23/h6-11,13,21H,1-5H3,(H,22,24)/t13-/m1/s1. The molecule has 6 heteroatoms. The molecule has 0 bridgehead atoms. The molecule has 0 saturated heterocycles. The Morgan fingerprint density at radius 2 is 1.58 bits per heavy atom. The second-order valence-corrected chi connectivity index (χ2v) is 6.01. The van der Waals surface area contributed by atoms with Crippen LogP contribution in [0, 0.1) is 6.92 Å². The van der Waals surface area contributed by atoms with Crippen LogP contribution < -0.4 is 20.1 Å². The van der Waals surface area contributed by atoms with Crippen molar-refractivity contribution < 1.29 is 19.1 Å². The van der Waals surface area contributed by atoms with E-state index in [1.165, 1.54) is 6.92 Å². The highest BCUT2D eigenvalue weighted by Gasteiger charge is 2.16. The largest absolute Gasteiger partial charge is 0.493 e. The van der Waals surface area contributed by atoms with E-state index in [4.69, 9.17) is 9.47 Å².